The van der Waals surface area contributed by atoms with Crippen molar-refractivity contribution in [3.8, 4) is 0 Å². The molecule has 3 N–H and O–H groups in total. The number of anilines is 2. The Kier molecular flexibility index (Phi) is 5.22. The fourth-order valence-electron chi connectivity index (χ4n) is 2.83. The predicted molar refractivity (Wildman–Crippen MR) is 104 cm³/mol. The molecule has 1 aliphatic heterocycles. The quantitative estimate of drug-likeness (QED) is 0.678. The molecule has 0 aliphatic carbocycles. The summed E-state index contributed by atoms with van der Waals surface area (Å²) in [5.74, 6) is -0.677. The van der Waals surface area contributed by atoms with Crippen LogP contribution in [0.3, 0.4) is 0 Å². The average molecular weight is 439 g/mol. The second-order valence-corrected chi connectivity index (χ2v) is 7.21. The smallest absolute Gasteiger partial charge is 0.329 e. The number of carbonyl (C=O) groups is 2. The first kappa shape index (κ1) is 18.7. The lowest BCUT2D eigenvalue weighted by Gasteiger charge is -2.42. The zero-order valence-electron chi connectivity index (χ0n) is 13.9. The Hall–Kier alpha value is -2.09. The van der Waals surface area contributed by atoms with Gasteiger partial charge < -0.3 is 15.7 Å². The van der Waals surface area contributed by atoms with Crippen molar-refractivity contribution in [2.75, 3.05) is 16.8 Å². The standard InChI is InChI=1S/C18H17BrClN3O3/c1-2-9-21-16(24)18(26)14-10-11(19)3-8-15(14)22-17(25)23(18)13-6-4-12(20)5-7-13/h3-8,10,26H,2,9H2,1H3,(H,21,24)(H,22,25)/t18-/m0/s1. The Labute approximate surface area is 164 Å². The third-order valence-electron chi connectivity index (χ3n) is 4.06. The number of benzene rings is 2. The summed E-state index contributed by atoms with van der Waals surface area (Å²) >= 11 is 9.28. The number of fused-ring (bicyclic) bond motifs is 1. The van der Waals surface area contributed by atoms with Crippen LogP contribution in [-0.4, -0.2) is 23.6 Å². The van der Waals surface area contributed by atoms with Crippen molar-refractivity contribution in [1.82, 2.24) is 5.32 Å². The van der Waals surface area contributed by atoms with E-state index in [1.807, 2.05) is 6.92 Å². The summed E-state index contributed by atoms with van der Waals surface area (Å²) in [7, 11) is 0. The molecule has 2 aromatic rings. The molecule has 2 aromatic carbocycles. The maximum atomic E-state index is 12.9. The lowest BCUT2D eigenvalue weighted by molar-refractivity contribution is -0.140. The molecule has 136 valence electrons. The van der Waals surface area contributed by atoms with Crippen LogP contribution < -0.4 is 15.5 Å². The molecule has 0 fully saturated rings. The number of amides is 3. The second kappa shape index (κ2) is 7.26. The highest BCUT2D eigenvalue weighted by Crippen LogP contribution is 2.41. The van der Waals surface area contributed by atoms with E-state index >= 15 is 0 Å². The summed E-state index contributed by atoms with van der Waals surface area (Å²) in [6, 6.07) is 10.7. The Balaban J connectivity index is 2.19. The lowest BCUT2D eigenvalue weighted by atomic mass is 9.94. The molecule has 6 nitrogen and oxygen atoms in total. The first-order valence-corrected chi connectivity index (χ1v) is 9.22. The van der Waals surface area contributed by atoms with Crippen molar-refractivity contribution in [1.29, 1.82) is 0 Å². The van der Waals surface area contributed by atoms with E-state index < -0.39 is 17.7 Å². The predicted octanol–water partition coefficient (Wildman–Crippen LogP) is 3.83. The Morgan fingerprint density at radius 3 is 2.65 bits per heavy atom. The number of halogens is 2. The molecule has 0 saturated heterocycles. The average Bonchev–Trinajstić information content (AvgIpc) is 2.62. The van der Waals surface area contributed by atoms with Crippen molar-refractivity contribution >= 4 is 50.8 Å². The molecular weight excluding hydrogens is 422 g/mol. The van der Waals surface area contributed by atoms with Crippen molar-refractivity contribution in [2.45, 2.75) is 19.1 Å². The number of aliphatic hydroxyl groups is 1. The van der Waals surface area contributed by atoms with Gasteiger partial charge in [-0.05, 0) is 48.9 Å². The molecule has 1 atom stereocenters. The van der Waals surface area contributed by atoms with Crippen LogP contribution in [0.25, 0.3) is 0 Å². The molecule has 0 unspecified atom stereocenters. The highest BCUT2D eigenvalue weighted by Gasteiger charge is 2.52. The summed E-state index contributed by atoms with van der Waals surface area (Å²) in [6.45, 7) is 2.28. The van der Waals surface area contributed by atoms with Gasteiger partial charge in [0.05, 0.1) is 5.69 Å². The van der Waals surface area contributed by atoms with Crippen LogP contribution in [0.5, 0.6) is 0 Å². The maximum Gasteiger partial charge on any atom is 0.329 e. The fourth-order valence-corrected chi connectivity index (χ4v) is 3.32. The number of rotatable bonds is 4. The topological polar surface area (TPSA) is 81.7 Å². The number of nitrogens with zero attached hydrogens (tertiary/aromatic N) is 1. The summed E-state index contributed by atoms with van der Waals surface area (Å²) in [6.07, 6.45) is 0.695. The van der Waals surface area contributed by atoms with Gasteiger partial charge in [-0.3, -0.25) is 9.69 Å². The van der Waals surface area contributed by atoms with Crippen molar-refractivity contribution in [3.63, 3.8) is 0 Å². The molecule has 0 saturated carbocycles. The van der Waals surface area contributed by atoms with E-state index in [1.54, 1.807) is 42.5 Å². The molecule has 0 spiro atoms. The van der Waals surface area contributed by atoms with Crippen molar-refractivity contribution < 1.29 is 14.7 Å². The number of hydrogen-bond acceptors (Lipinski definition) is 3. The van der Waals surface area contributed by atoms with Gasteiger partial charge in [0.2, 0.25) is 0 Å². The third kappa shape index (κ3) is 3.18. The van der Waals surface area contributed by atoms with Gasteiger partial charge in [-0.1, -0.05) is 34.5 Å². The maximum absolute atomic E-state index is 12.9. The van der Waals surface area contributed by atoms with E-state index in [9.17, 15) is 14.7 Å². The Morgan fingerprint density at radius 1 is 1.31 bits per heavy atom. The molecule has 3 amide bonds. The van der Waals surface area contributed by atoms with Gasteiger partial charge in [0.25, 0.3) is 11.6 Å². The number of urea groups is 1. The molecule has 8 heteroatoms. The third-order valence-corrected chi connectivity index (χ3v) is 4.81. The summed E-state index contributed by atoms with van der Waals surface area (Å²) in [4.78, 5) is 26.7. The SMILES string of the molecule is CCCNC(=O)[C@@]1(O)c2cc(Br)ccc2NC(=O)N1c1ccc(Cl)cc1. The zero-order chi connectivity index (χ0) is 18.9. The summed E-state index contributed by atoms with van der Waals surface area (Å²) < 4.78 is 0.671. The van der Waals surface area contributed by atoms with Crippen LogP contribution in [0.2, 0.25) is 5.02 Å². The van der Waals surface area contributed by atoms with Gasteiger partial charge in [-0.15, -0.1) is 0 Å². The Bertz CT molecular complexity index is 859. The molecule has 0 radical (unpaired) electrons. The second-order valence-electron chi connectivity index (χ2n) is 5.86. The number of nitrogens with one attached hydrogen (secondary N) is 2. The van der Waals surface area contributed by atoms with Crippen molar-refractivity contribution in [3.05, 3.63) is 57.5 Å². The Morgan fingerprint density at radius 2 is 2.00 bits per heavy atom. The van der Waals surface area contributed by atoms with E-state index in [2.05, 4.69) is 26.6 Å². The van der Waals surface area contributed by atoms with Gasteiger partial charge >= 0.3 is 6.03 Å². The van der Waals surface area contributed by atoms with E-state index in [-0.39, 0.29) is 5.56 Å². The van der Waals surface area contributed by atoms with E-state index in [0.717, 1.165) is 4.90 Å². The number of carbonyl (C=O) groups excluding carboxylic acids is 2. The largest absolute Gasteiger partial charge is 0.359 e. The van der Waals surface area contributed by atoms with Gasteiger partial charge in [0, 0.05) is 27.3 Å². The lowest BCUT2D eigenvalue weighted by Crippen LogP contribution is -2.62. The molecule has 0 bridgehead atoms. The van der Waals surface area contributed by atoms with E-state index in [4.69, 9.17) is 11.6 Å². The number of hydrogen-bond donors (Lipinski definition) is 3. The zero-order valence-corrected chi connectivity index (χ0v) is 16.3. The van der Waals surface area contributed by atoms with Crippen LogP contribution >= 0.6 is 27.5 Å². The van der Waals surface area contributed by atoms with E-state index in [0.29, 0.717) is 33.8 Å². The van der Waals surface area contributed by atoms with Crippen LogP contribution in [-0.2, 0) is 10.5 Å². The van der Waals surface area contributed by atoms with Gasteiger partial charge in [-0.2, -0.15) is 0 Å². The molecule has 1 heterocycles. The minimum absolute atomic E-state index is 0.273. The minimum Gasteiger partial charge on any atom is -0.359 e. The van der Waals surface area contributed by atoms with Crippen LogP contribution in [0.4, 0.5) is 16.2 Å². The summed E-state index contributed by atoms with van der Waals surface area (Å²) in [5, 5.41) is 17.4. The van der Waals surface area contributed by atoms with Gasteiger partial charge in [0.15, 0.2) is 0 Å². The van der Waals surface area contributed by atoms with Gasteiger partial charge in [-0.25, -0.2) is 4.79 Å². The fraction of sp³-hybridized carbons (Fsp3) is 0.222. The van der Waals surface area contributed by atoms with Crippen LogP contribution in [0, 0.1) is 0 Å². The normalized spacial score (nSPS) is 18.9. The molecular formula is C18H17BrClN3O3. The first-order valence-electron chi connectivity index (χ1n) is 8.05. The summed E-state index contributed by atoms with van der Waals surface area (Å²) in [5.41, 5.74) is -1.22. The molecule has 26 heavy (non-hydrogen) atoms. The molecule has 1 aliphatic rings. The monoisotopic (exact) mass is 437 g/mol. The van der Waals surface area contributed by atoms with Crippen LogP contribution in [0.1, 0.15) is 18.9 Å². The molecule has 3 rings (SSSR count). The van der Waals surface area contributed by atoms with Crippen molar-refractivity contribution in [2.24, 2.45) is 0 Å². The van der Waals surface area contributed by atoms with E-state index in [1.165, 1.54) is 0 Å². The molecule has 0 aromatic heterocycles. The van der Waals surface area contributed by atoms with Gasteiger partial charge in [0.1, 0.15) is 0 Å². The highest BCUT2D eigenvalue weighted by molar-refractivity contribution is 9.10. The van der Waals surface area contributed by atoms with Crippen LogP contribution in [0.15, 0.2) is 46.9 Å². The first-order chi connectivity index (χ1) is 12.4. The highest BCUT2D eigenvalue weighted by atomic mass is 79.9. The minimum atomic E-state index is -2.20.